The van der Waals surface area contributed by atoms with E-state index < -0.39 is 0 Å². The number of morpholine rings is 1. The molecular formula is C20H23N5O. The van der Waals surface area contributed by atoms with Crippen molar-refractivity contribution in [3.63, 3.8) is 0 Å². The van der Waals surface area contributed by atoms with Gasteiger partial charge in [-0.25, -0.2) is 4.98 Å². The number of benzene rings is 1. The van der Waals surface area contributed by atoms with Crippen molar-refractivity contribution in [1.82, 2.24) is 24.6 Å². The van der Waals surface area contributed by atoms with Crippen LogP contribution >= 0.6 is 0 Å². The Morgan fingerprint density at radius 2 is 1.73 bits per heavy atom. The van der Waals surface area contributed by atoms with E-state index in [9.17, 15) is 0 Å². The SMILES string of the molecule is Cc1cnc(-n2cnnc2)c(-c2ccc(C(C)N3CCOCC3)cc2)c1. The maximum atomic E-state index is 5.46. The van der Waals surface area contributed by atoms with Crippen LogP contribution < -0.4 is 0 Å². The Bertz CT molecular complexity index is 854. The molecule has 1 unspecified atom stereocenters. The molecule has 1 saturated heterocycles. The molecule has 1 aliphatic heterocycles. The van der Waals surface area contributed by atoms with Crippen molar-refractivity contribution >= 4 is 0 Å². The molecule has 0 amide bonds. The zero-order valence-corrected chi connectivity index (χ0v) is 15.2. The first kappa shape index (κ1) is 16.9. The Labute approximate surface area is 153 Å². The maximum Gasteiger partial charge on any atom is 0.147 e. The number of ether oxygens (including phenoxy) is 1. The predicted octanol–water partition coefficient (Wildman–Crippen LogP) is 3.03. The van der Waals surface area contributed by atoms with Gasteiger partial charge >= 0.3 is 0 Å². The van der Waals surface area contributed by atoms with Gasteiger partial charge in [0.2, 0.25) is 0 Å². The van der Waals surface area contributed by atoms with Gasteiger partial charge in [0.25, 0.3) is 0 Å². The first-order valence-electron chi connectivity index (χ1n) is 8.96. The molecule has 0 N–H and O–H groups in total. The van der Waals surface area contributed by atoms with E-state index in [1.54, 1.807) is 12.7 Å². The lowest BCUT2D eigenvalue weighted by Gasteiger charge is -2.32. The molecule has 1 atom stereocenters. The van der Waals surface area contributed by atoms with E-state index >= 15 is 0 Å². The summed E-state index contributed by atoms with van der Waals surface area (Å²) in [5, 5.41) is 7.80. The quantitative estimate of drug-likeness (QED) is 0.725. The standard InChI is InChI=1S/C20H23N5O/c1-15-11-19(20(21-12-15)25-13-22-23-14-25)18-5-3-17(4-6-18)16(2)24-7-9-26-10-8-24/h3-6,11-14,16H,7-10H2,1-2H3. The van der Waals surface area contributed by atoms with Gasteiger partial charge in [0, 0.05) is 30.9 Å². The summed E-state index contributed by atoms with van der Waals surface area (Å²) >= 11 is 0. The summed E-state index contributed by atoms with van der Waals surface area (Å²) in [5.74, 6) is 0.842. The fourth-order valence-electron chi connectivity index (χ4n) is 3.41. The molecule has 0 spiro atoms. The third-order valence-electron chi connectivity index (χ3n) is 4.96. The second kappa shape index (κ2) is 7.35. The first-order chi connectivity index (χ1) is 12.7. The zero-order valence-electron chi connectivity index (χ0n) is 15.2. The van der Waals surface area contributed by atoms with Gasteiger partial charge in [0.1, 0.15) is 18.5 Å². The molecule has 0 bridgehead atoms. The van der Waals surface area contributed by atoms with Crippen molar-refractivity contribution in [3.8, 4) is 16.9 Å². The zero-order chi connectivity index (χ0) is 17.9. The van der Waals surface area contributed by atoms with Crippen LogP contribution in [0.4, 0.5) is 0 Å². The Hall–Kier alpha value is -2.57. The average Bonchev–Trinajstić information content (AvgIpc) is 3.23. The highest BCUT2D eigenvalue weighted by molar-refractivity contribution is 5.71. The van der Waals surface area contributed by atoms with Crippen molar-refractivity contribution in [3.05, 3.63) is 60.3 Å². The largest absolute Gasteiger partial charge is 0.379 e. The summed E-state index contributed by atoms with van der Waals surface area (Å²) in [5.41, 5.74) is 4.67. The molecule has 1 aromatic carbocycles. The number of aryl methyl sites for hydroxylation is 1. The number of hydrogen-bond donors (Lipinski definition) is 0. The minimum atomic E-state index is 0.390. The lowest BCUT2D eigenvalue weighted by atomic mass is 10.00. The van der Waals surface area contributed by atoms with Gasteiger partial charge in [-0.05, 0) is 36.6 Å². The Kier molecular flexibility index (Phi) is 4.77. The molecule has 0 saturated carbocycles. The van der Waals surface area contributed by atoms with Crippen LogP contribution in [0.25, 0.3) is 16.9 Å². The van der Waals surface area contributed by atoms with Gasteiger partial charge in [-0.2, -0.15) is 0 Å². The Morgan fingerprint density at radius 1 is 1.04 bits per heavy atom. The minimum Gasteiger partial charge on any atom is -0.379 e. The van der Waals surface area contributed by atoms with Crippen LogP contribution in [0.15, 0.2) is 49.2 Å². The van der Waals surface area contributed by atoms with E-state index in [2.05, 4.69) is 64.3 Å². The van der Waals surface area contributed by atoms with Crippen molar-refractivity contribution in [2.75, 3.05) is 26.3 Å². The molecular weight excluding hydrogens is 326 g/mol. The highest BCUT2D eigenvalue weighted by atomic mass is 16.5. The number of rotatable bonds is 4. The first-order valence-corrected chi connectivity index (χ1v) is 8.96. The van der Waals surface area contributed by atoms with Crippen LogP contribution in [0.5, 0.6) is 0 Å². The topological polar surface area (TPSA) is 56.1 Å². The maximum absolute atomic E-state index is 5.46. The molecule has 6 heteroatoms. The van der Waals surface area contributed by atoms with Crippen LogP contribution in [-0.4, -0.2) is 51.0 Å². The Morgan fingerprint density at radius 3 is 2.42 bits per heavy atom. The molecule has 1 fully saturated rings. The molecule has 3 aromatic rings. The highest BCUT2D eigenvalue weighted by Gasteiger charge is 2.18. The number of pyridine rings is 1. The van der Waals surface area contributed by atoms with E-state index in [4.69, 9.17) is 4.74 Å². The number of nitrogens with zero attached hydrogens (tertiary/aromatic N) is 5. The van der Waals surface area contributed by atoms with Gasteiger partial charge in [0.05, 0.1) is 13.2 Å². The summed E-state index contributed by atoms with van der Waals surface area (Å²) < 4.78 is 7.31. The predicted molar refractivity (Wildman–Crippen MR) is 100 cm³/mol. The van der Waals surface area contributed by atoms with Crippen LogP contribution in [-0.2, 0) is 4.74 Å². The Balaban J connectivity index is 1.64. The van der Waals surface area contributed by atoms with E-state index in [-0.39, 0.29) is 0 Å². The third kappa shape index (κ3) is 3.38. The van der Waals surface area contributed by atoms with Crippen molar-refractivity contribution < 1.29 is 4.74 Å². The summed E-state index contributed by atoms with van der Waals surface area (Å²) in [7, 11) is 0. The van der Waals surface area contributed by atoms with Crippen molar-refractivity contribution in [2.24, 2.45) is 0 Å². The molecule has 0 radical (unpaired) electrons. The van der Waals surface area contributed by atoms with Gasteiger partial charge in [-0.3, -0.25) is 9.47 Å². The summed E-state index contributed by atoms with van der Waals surface area (Å²) in [6.07, 6.45) is 5.22. The normalized spacial score (nSPS) is 16.5. The fraction of sp³-hybridized carbons (Fsp3) is 0.350. The molecule has 6 nitrogen and oxygen atoms in total. The summed E-state index contributed by atoms with van der Waals surface area (Å²) in [6.45, 7) is 7.93. The molecule has 26 heavy (non-hydrogen) atoms. The van der Waals surface area contributed by atoms with Crippen molar-refractivity contribution in [2.45, 2.75) is 19.9 Å². The van der Waals surface area contributed by atoms with Gasteiger partial charge in [0.15, 0.2) is 0 Å². The second-order valence-electron chi connectivity index (χ2n) is 6.70. The fourth-order valence-corrected chi connectivity index (χ4v) is 3.41. The minimum absolute atomic E-state index is 0.390. The van der Waals surface area contributed by atoms with Gasteiger partial charge in [-0.15, -0.1) is 10.2 Å². The van der Waals surface area contributed by atoms with E-state index in [1.807, 2.05) is 10.8 Å². The van der Waals surface area contributed by atoms with E-state index in [0.29, 0.717) is 6.04 Å². The van der Waals surface area contributed by atoms with Gasteiger partial charge in [-0.1, -0.05) is 24.3 Å². The van der Waals surface area contributed by atoms with Crippen LogP contribution in [0.2, 0.25) is 0 Å². The lowest BCUT2D eigenvalue weighted by Crippen LogP contribution is -2.37. The van der Waals surface area contributed by atoms with Gasteiger partial charge < -0.3 is 4.74 Å². The molecule has 0 aliphatic carbocycles. The monoisotopic (exact) mass is 349 g/mol. The number of aromatic nitrogens is 4. The van der Waals surface area contributed by atoms with Crippen molar-refractivity contribution in [1.29, 1.82) is 0 Å². The lowest BCUT2D eigenvalue weighted by molar-refractivity contribution is 0.0198. The molecule has 3 heterocycles. The molecule has 134 valence electrons. The average molecular weight is 349 g/mol. The summed E-state index contributed by atoms with van der Waals surface area (Å²) in [6, 6.07) is 11.3. The van der Waals surface area contributed by atoms with Crippen LogP contribution in [0.3, 0.4) is 0 Å². The third-order valence-corrected chi connectivity index (χ3v) is 4.96. The van der Waals surface area contributed by atoms with E-state index in [0.717, 1.165) is 48.8 Å². The second-order valence-corrected chi connectivity index (χ2v) is 6.70. The van der Waals surface area contributed by atoms with Crippen LogP contribution in [0, 0.1) is 6.92 Å². The molecule has 1 aliphatic rings. The smallest absolute Gasteiger partial charge is 0.147 e. The van der Waals surface area contributed by atoms with E-state index in [1.165, 1.54) is 5.56 Å². The number of hydrogen-bond acceptors (Lipinski definition) is 5. The van der Waals surface area contributed by atoms with Crippen LogP contribution in [0.1, 0.15) is 24.1 Å². The highest BCUT2D eigenvalue weighted by Crippen LogP contribution is 2.29. The summed E-state index contributed by atoms with van der Waals surface area (Å²) in [4.78, 5) is 7.06. The molecule has 4 rings (SSSR count). The molecule has 2 aromatic heterocycles.